The minimum atomic E-state index is -0.0850. The highest BCUT2D eigenvalue weighted by Gasteiger charge is 2.59. The summed E-state index contributed by atoms with van der Waals surface area (Å²) in [6.45, 7) is 16.7. The Morgan fingerprint density at radius 3 is 2.60 bits per heavy atom. The minimum absolute atomic E-state index is 0.0850. The first-order valence-electron chi connectivity index (χ1n) is 13.2. The van der Waals surface area contributed by atoms with Crippen LogP contribution in [0.1, 0.15) is 105 Å². The van der Waals surface area contributed by atoms with Gasteiger partial charge in [-0.1, -0.05) is 64.8 Å². The zero-order valence-electron chi connectivity index (χ0n) is 20.6. The van der Waals surface area contributed by atoms with Crippen LogP contribution in [0.2, 0.25) is 0 Å². The van der Waals surface area contributed by atoms with Crippen LogP contribution in [0.3, 0.4) is 0 Å². The second kappa shape index (κ2) is 8.42. The third-order valence-electron chi connectivity index (χ3n) is 10.8. The number of hydrogen-bond donors (Lipinski definition) is 1. The second-order valence-corrected chi connectivity index (χ2v) is 12.6. The van der Waals surface area contributed by atoms with E-state index in [2.05, 4.69) is 47.3 Å². The zero-order valence-corrected chi connectivity index (χ0v) is 20.6. The number of allylic oxidation sites excluding steroid dienone is 2. The van der Waals surface area contributed by atoms with Crippen LogP contribution in [0, 0.1) is 46.3 Å². The maximum atomic E-state index is 10.2. The molecular formula is C29H48O. The predicted molar refractivity (Wildman–Crippen MR) is 128 cm³/mol. The van der Waals surface area contributed by atoms with Crippen LogP contribution in [0.4, 0.5) is 0 Å². The SMILES string of the molecule is C=C(CCCC(C)C1CCC2C3CC=C4CC(O)CCC4(C)C3CCC12C)C(C)C. The lowest BCUT2D eigenvalue weighted by atomic mass is 9.47. The first-order valence-corrected chi connectivity index (χ1v) is 13.2. The molecule has 4 aliphatic carbocycles. The van der Waals surface area contributed by atoms with Gasteiger partial charge in [0.25, 0.3) is 0 Å². The minimum Gasteiger partial charge on any atom is -0.393 e. The molecule has 0 aliphatic heterocycles. The summed E-state index contributed by atoms with van der Waals surface area (Å²) in [6.07, 6.45) is 16.7. The summed E-state index contributed by atoms with van der Waals surface area (Å²) in [4.78, 5) is 0. The molecule has 0 saturated heterocycles. The van der Waals surface area contributed by atoms with Crippen molar-refractivity contribution in [3.8, 4) is 0 Å². The molecule has 0 heterocycles. The highest BCUT2D eigenvalue weighted by atomic mass is 16.3. The van der Waals surface area contributed by atoms with E-state index in [0.717, 1.165) is 42.4 Å². The lowest BCUT2D eigenvalue weighted by Gasteiger charge is -2.58. The van der Waals surface area contributed by atoms with Crippen LogP contribution in [-0.4, -0.2) is 11.2 Å². The monoisotopic (exact) mass is 412 g/mol. The Kier molecular flexibility index (Phi) is 6.35. The Morgan fingerprint density at radius 1 is 1.10 bits per heavy atom. The van der Waals surface area contributed by atoms with Crippen molar-refractivity contribution in [3.05, 3.63) is 23.8 Å². The topological polar surface area (TPSA) is 20.2 Å². The van der Waals surface area contributed by atoms with Gasteiger partial charge in [-0.25, -0.2) is 0 Å². The van der Waals surface area contributed by atoms with Gasteiger partial charge < -0.3 is 5.11 Å². The van der Waals surface area contributed by atoms with Crippen LogP contribution in [-0.2, 0) is 0 Å². The van der Waals surface area contributed by atoms with Gasteiger partial charge in [0.2, 0.25) is 0 Å². The van der Waals surface area contributed by atoms with E-state index in [1.807, 2.05) is 0 Å². The standard InChI is InChI=1S/C29H48O/c1-19(2)20(3)8-7-9-21(4)25-12-13-26-24-11-10-22-18-23(30)14-16-28(22,5)27(24)15-17-29(25,26)6/h10,19,21,23-27,30H,3,7-9,11-18H2,1-2,4-6H3. The summed E-state index contributed by atoms with van der Waals surface area (Å²) in [5.41, 5.74) is 3.99. The molecule has 1 heteroatoms. The van der Waals surface area contributed by atoms with Gasteiger partial charge in [-0.2, -0.15) is 0 Å². The first-order chi connectivity index (χ1) is 14.2. The molecule has 1 N–H and O–H groups in total. The van der Waals surface area contributed by atoms with Crippen molar-refractivity contribution in [2.45, 2.75) is 111 Å². The van der Waals surface area contributed by atoms with Gasteiger partial charge in [-0.15, -0.1) is 0 Å². The van der Waals surface area contributed by atoms with Crippen molar-refractivity contribution in [1.29, 1.82) is 0 Å². The average Bonchev–Trinajstić information content (AvgIpc) is 3.05. The van der Waals surface area contributed by atoms with E-state index in [0.29, 0.717) is 16.7 Å². The van der Waals surface area contributed by atoms with Gasteiger partial charge in [0.1, 0.15) is 0 Å². The van der Waals surface area contributed by atoms with Crippen LogP contribution < -0.4 is 0 Å². The van der Waals surface area contributed by atoms with Crippen molar-refractivity contribution in [3.63, 3.8) is 0 Å². The molecule has 4 rings (SSSR count). The number of rotatable bonds is 6. The lowest BCUT2D eigenvalue weighted by molar-refractivity contribution is -0.0572. The maximum Gasteiger partial charge on any atom is 0.0577 e. The summed E-state index contributed by atoms with van der Waals surface area (Å²) >= 11 is 0. The van der Waals surface area contributed by atoms with Gasteiger partial charge in [0.15, 0.2) is 0 Å². The van der Waals surface area contributed by atoms with Crippen molar-refractivity contribution >= 4 is 0 Å². The zero-order chi connectivity index (χ0) is 21.7. The second-order valence-electron chi connectivity index (χ2n) is 12.6. The smallest absolute Gasteiger partial charge is 0.0577 e. The summed E-state index contributed by atoms with van der Waals surface area (Å²) in [5, 5.41) is 10.2. The van der Waals surface area contributed by atoms with Crippen molar-refractivity contribution in [2.24, 2.45) is 46.3 Å². The predicted octanol–water partition coefficient (Wildman–Crippen LogP) is 7.94. The van der Waals surface area contributed by atoms with Gasteiger partial charge in [-0.05, 0) is 111 Å². The van der Waals surface area contributed by atoms with Crippen LogP contribution in [0.25, 0.3) is 0 Å². The third-order valence-corrected chi connectivity index (χ3v) is 10.8. The van der Waals surface area contributed by atoms with Gasteiger partial charge >= 0.3 is 0 Å². The molecule has 0 aromatic heterocycles. The van der Waals surface area contributed by atoms with Crippen LogP contribution in [0.5, 0.6) is 0 Å². The summed E-state index contributed by atoms with van der Waals surface area (Å²) in [5.74, 6) is 5.09. The number of hydrogen-bond acceptors (Lipinski definition) is 1. The van der Waals surface area contributed by atoms with Crippen LogP contribution in [0.15, 0.2) is 23.8 Å². The van der Waals surface area contributed by atoms with Crippen molar-refractivity contribution in [2.75, 3.05) is 0 Å². The fourth-order valence-electron chi connectivity index (χ4n) is 8.76. The molecule has 0 aromatic carbocycles. The third kappa shape index (κ3) is 3.76. The molecular weight excluding hydrogens is 364 g/mol. The van der Waals surface area contributed by atoms with E-state index < -0.39 is 0 Å². The highest BCUT2D eigenvalue weighted by molar-refractivity contribution is 5.25. The fraction of sp³-hybridized carbons (Fsp3) is 0.862. The molecule has 3 saturated carbocycles. The quantitative estimate of drug-likeness (QED) is 0.439. The molecule has 0 amide bonds. The van der Waals surface area contributed by atoms with Gasteiger partial charge in [0, 0.05) is 0 Å². The molecule has 3 fully saturated rings. The van der Waals surface area contributed by atoms with E-state index in [-0.39, 0.29) is 6.10 Å². The maximum absolute atomic E-state index is 10.2. The Labute approximate surface area is 186 Å². The normalized spacial score (nSPS) is 44.1. The number of aliphatic hydroxyl groups excluding tert-OH is 1. The van der Waals surface area contributed by atoms with E-state index in [9.17, 15) is 5.11 Å². The van der Waals surface area contributed by atoms with E-state index in [4.69, 9.17) is 0 Å². The Hall–Kier alpha value is -0.560. The van der Waals surface area contributed by atoms with Gasteiger partial charge in [-0.3, -0.25) is 0 Å². The average molecular weight is 413 g/mol. The molecule has 170 valence electrons. The molecule has 8 unspecified atom stereocenters. The van der Waals surface area contributed by atoms with Crippen LogP contribution >= 0.6 is 0 Å². The highest BCUT2D eigenvalue weighted by Crippen LogP contribution is 2.67. The Balaban J connectivity index is 1.44. The number of aliphatic hydroxyl groups is 1. The fourth-order valence-corrected chi connectivity index (χ4v) is 8.76. The van der Waals surface area contributed by atoms with Crippen molar-refractivity contribution < 1.29 is 5.11 Å². The molecule has 4 aliphatic rings. The largest absolute Gasteiger partial charge is 0.393 e. The molecule has 0 spiro atoms. The molecule has 30 heavy (non-hydrogen) atoms. The lowest BCUT2D eigenvalue weighted by Crippen LogP contribution is -2.50. The van der Waals surface area contributed by atoms with E-state index >= 15 is 0 Å². The molecule has 1 nitrogen and oxygen atoms in total. The molecule has 0 radical (unpaired) electrons. The summed E-state index contributed by atoms with van der Waals surface area (Å²) in [7, 11) is 0. The Bertz CT molecular complexity index is 674. The number of fused-ring (bicyclic) bond motifs is 5. The van der Waals surface area contributed by atoms with E-state index in [1.165, 1.54) is 63.4 Å². The molecule has 0 bridgehead atoms. The molecule has 8 atom stereocenters. The van der Waals surface area contributed by atoms with Crippen molar-refractivity contribution in [1.82, 2.24) is 0 Å². The van der Waals surface area contributed by atoms with E-state index in [1.54, 1.807) is 5.57 Å². The summed E-state index contributed by atoms with van der Waals surface area (Å²) in [6, 6.07) is 0. The Morgan fingerprint density at radius 2 is 1.87 bits per heavy atom. The molecule has 0 aromatic rings. The summed E-state index contributed by atoms with van der Waals surface area (Å²) < 4.78 is 0. The first kappa shape index (κ1) is 22.6. The van der Waals surface area contributed by atoms with Gasteiger partial charge in [0.05, 0.1) is 6.10 Å².